The molecule has 3 rings (SSSR count). The quantitative estimate of drug-likeness (QED) is 0.816. The van der Waals surface area contributed by atoms with Crippen LogP contribution in [0.15, 0.2) is 48.5 Å². The van der Waals surface area contributed by atoms with E-state index in [0.717, 1.165) is 5.56 Å². The molecule has 0 spiro atoms. The lowest BCUT2D eigenvalue weighted by molar-refractivity contribution is -0.133. The summed E-state index contributed by atoms with van der Waals surface area (Å²) in [6, 6.07) is 15.0. The number of nitrogens with zero attached hydrogens (tertiary/aromatic N) is 1. The minimum Gasteiger partial charge on any atom is -0.493 e. The van der Waals surface area contributed by atoms with E-state index in [9.17, 15) is 9.59 Å². The molecule has 2 amide bonds. The van der Waals surface area contributed by atoms with Gasteiger partial charge in [-0.2, -0.15) is 0 Å². The van der Waals surface area contributed by atoms with Crippen LogP contribution in [0.1, 0.15) is 12.0 Å². The number of carbonyl (C=O) groups excluding carboxylic acids is 2. The van der Waals surface area contributed by atoms with Gasteiger partial charge in [0, 0.05) is 25.3 Å². The average Bonchev–Trinajstić information content (AvgIpc) is 3.49. The van der Waals surface area contributed by atoms with E-state index in [-0.39, 0.29) is 23.7 Å². The molecular formula is C21H24N2O4. The molecule has 0 saturated heterocycles. The Balaban J connectivity index is 1.56. The maximum atomic E-state index is 12.6. The first-order valence-corrected chi connectivity index (χ1v) is 8.85. The van der Waals surface area contributed by atoms with Gasteiger partial charge in [-0.3, -0.25) is 9.59 Å². The third-order valence-electron chi connectivity index (χ3n) is 4.73. The fourth-order valence-electron chi connectivity index (χ4n) is 3.12. The van der Waals surface area contributed by atoms with Gasteiger partial charge in [0.25, 0.3) is 0 Å². The van der Waals surface area contributed by atoms with Crippen molar-refractivity contribution in [3.05, 3.63) is 54.1 Å². The van der Waals surface area contributed by atoms with Gasteiger partial charge in [-0.1, -0.05) is 30.3 Å². The maximum Gasteiger partial charge on any atom is 0.228 e. The van der Waals surface area contributed by atoms with Crippen LogP contribution in [-0.2, 0) is 16.1 Å². The Morgan fingerprint density at radius 1 is 1.04 bits per heavy atom. The van der Waals surface area contributed by atoms with Gasteiger partial charge in [0.2, 0.25) is 11.8 Å². The van der Waals surface area contributed by atoms with Crippen LogP contribution in [0.4, 0.5) is 5.69 Å². The highest BCUT2D eigenvalue weighted by atomic mass is 16.5. The monoisotopic (exact) mass is 368 g/mol. The summed E-state index contributed by atoms with van der Waals surface area (Å²) in [5.74, 6) is 0.460. The Labute approximate surface area is 159 Å². The van der Waals surface area contributed by atoms with Crippen LogP contribution in [0.3, 0.4) is 0 Å². The molecule has 0 bridgehead atoms. The van der Waals surface area contributed by atoms with Crippen LogP contribution < -0.4 is 14.8 Å². The van der Waals surface area contributed by atoms with Gasteiger partial charge in [0.15, 0.2) is 11.5 Å². The van der Waals surface area contributed by atoms with E-state index in [1.165, 1.54) is 0 Å². The van der Waals surface area contributed by atoms with Crippen molar-refractivity contribution in [3.8, 4) is 11.5 Å². The van der Waals surface area contributed by atoms with Gasteiger partial charge in [-0.25, -0.2) is 0 Å². The molecule has 1 aliphatic carbocycles. The van der Waals surface area contributed by atoms with Gasteiger partial charge < -0.3 is 19.7 Å². The smallest absolute Gasteiger partial charge is 0.228 e. The molecule has 1 fully saturated rings. The zero-order valence-electron chi connectivity index (χ0n) is 15.8. The minimum atomic E-state index is -0.288. The minimum absolute atomic E-state index is 0.00585. The highest BCUT2D eigenvalue weighted by Gasteiger charge is 2.49. The van der Waals surface area contributed by atoms with Crippen LogP contribution in [0.5, 0.6) is 11.5 Å². The predicted molar refractivity (Wildman–Crippen MR) is 103 cm³/mol. The first-order valence-electron chi connectivity index (χ1n) is 8.85. The highest BCUT2D eigenvalue weighted by molar-refractivity contribution is 5.99. The molecule has 27 heavy (non-hydrogen) atoms. The molecule has 1 N–H and O–H groups in total. The molecule has 2 aromatic carbocycles. The third kappa shape index (κ3) is 4.39. The second-order valence-corrected chi connectivity index (χ2v) is 6.69. The van der Waals surface area contributed by atoms with Crippen molar-refractivity contribution >= 4 is 17.5 Å². The van der Waals surface area contributed by atoms with Crippen molar-refractivity contribution in [2.45, 2.75) is 13.0 Å². The van der Waals surface area contributed by atoms with Crippen molar-refractivity contribution in [2.24, 2.45) is 11.8 Å². The van der Waals surface area contributed by atoms with Crippen molar-refractivity contribution < 1.29 is 19.1 Å². The van der Waals surface area contributed by atoms with Gasteiger partial charge in [-0.15, -0.1) is 0 Å². The number of benzene rings is 2. The summed E-state index contributed by atoms with van der Waals surface area (Å²) < 4.78 is 10.4. The SMILES string of the molecule is COc1ccc(NC(=O)C2CC2C(=O)N(C)Cc2ccccc2)cc1OC. The number of hydrogen-bond acceptors (Lipinski definition) is 4. The van der Waals surface area contributed by atoms with Crippen LogP contribution in [0.25, 0.3) is 0 Å². The van der Waals surface area contributed by atoms with Crippen molar-refractivity contribution in [3.63, 3.8) is 0 Å². The second kappa shape index (κ2) is 8.12. The summed E-state index contributed by atoms with van der Waals surface area (Å²) in [5.41, 5.74) is 1.69. The number of rotatable bonds is 7. The molecule has 0 heterocycles. The van der Waals surface area contributed by atoms with Gasteiger partial charge >= 0.3 is 0 Å². The molecule has 0 aliphatic heterocycles. The van der Waals surface area contributed by atoms with E-state index in [2.05, 4.69) is 5.32 Å². The summed E-state index contributed by atoms with van der Waals surface area (Å²) in [4.78, 5) is 26.7. The predicted octanol–water partition coefficient (Wildman–Crippen LogP) is 2.94. The van der Waals surface area contributed by atoms with Crippen molar-refractivity contribution in [2.75, 3.05) is 26.6 Å². The fraction of sp³-hybridized carbons (Fsp3) is 0.333. The fourth-order valence-corrected chi connectivity index (χ4v) is 3.12. The number of nitrogens with one attached hydrogen (secondary N) is 1. The number of methoxy groups -OCH3 is 2. The van der Waals surface area contributed by atoms with E-state index < -0.39 is 0 Å². The molecule has 0 aromatic heterocycles. The van der Waals surface area contributed by atoms with Gasteiger partial charge in [0.1, 0.15) is 0 Å². The first-order chi connectivity index (χ1) is 13.0. The topological polar surface area (TPSA) is 67.9 Å². The van der Waals surface area contributed by atoms with E-state index in [1.54, 1.807) is 44.4 Å². The van der Waals surface area contributed by atoms with E-state index in [1.807, 2.05) is 30.3 Å². The molecule has 6 heteroatoms. The van der Waals surface area contributed by atoms with Crippen LogP contribution in [-0.4, -0.2) is 38.0 Å². The Morgan fingerprint density at radius 3 is 2.41 bits per heavy atom. The molecule has 2 unspecified atom stereocenters. The number of carbonyl (C=O) groups is 2. The van der Waals surface area contributed by atoms with Crippen LogP contribution in [0, 0.1) is 11.8 Å². The van der Waals surface area contributed by atoms with Crippen LogP contribution >= 0.6 is 0 Å². The molecule has 6 nitrogen and oxygen atoms in total. The first kappa shape index (κ1) is 18.8. The van der Waals surface area contributed by atoms with E-state index in [0.29, 0.717) is 30.2 Å². The highest BCUT2D eigenvalue weighted by Crippen LogP contribution is 2.41. The Kier molecular flexibility index (Phi) is 5.64. The number of hydrogen-bond donors (Lipinski definition) is 1. The molecule has 1 saturated carbocycles. The average molecular weight is 368 g/mol. The second-order valence-electron chi connectivity index (χ2n) is 6.69. The number of ether oxygens (including phenoxy) is 2. The van der Waals surface area contributed by atoms with Gasteiger partial charge in [-0.05, 0) is 24.1 Å². The Morgan fingerprint density at radius 2 is 1.74 bits per heavy atom. The number of amides is 2. The Bertz CT molecular complexity index is 822. The van der Waals surface area contributed by atoms with E-state index >= 15 is 0 Å². The van der Waals surface area contributed by atoms with Crippen LogP contribution in [0.2, 0.25) is 0 Å². The molecular weight excluding hydrogens is 344 g/mol. The lowest BCUT2D eigenvalue weighted by atomic mass is 10.2. The molecule has 1 aliphatic rings. The Hall–Kier alpha value is -3.02. The molecule has 142 valence electrons. The summed E-state index contributed by atoms with van der Waals surface area (Å²) in [5, 5.41) is 2.86. The van der Waals surface area contributed by atoms with Crippen molar-refractivity contribution in [1.82, 2.24) is 4.90 Å². The molecule has 0 radical (unpaired) electrons. The summed E-state index contributed by atoms with van der Waals surface area (Å²) in [6.07, 6.45) is 0.580. The molecule has 2 aromatic rings. The summed E-state index contributed by atoms with van der Waals surface area (Å²) in [7, 11) is 4.88. The summed E-state index contributed by atoms with van der Waals surface area (Å²) >= 11 is 0. The number of anilines is 1. The standard InChI is InChI=1S/C21H24N2O4/c1-23(13-14-7-5-4-6-8-14)21(25)17-12-16(17)20(24)22-15-9-10-18(26-2)19(11-15)27-3/h4-11,16-17H,12-13H2,1-3H3,(H,22,24). The van der Waals surface area contributed by atoms with Crippen molar-refractivity contribution in [1.29, 1.82) is 0 Å². The zero-order chi connectivity index (χ0) is 19.4. The molecule has 2 atom stereocenters. The van der Waals surface area contributed by atoms with E-state index in [4.69, 9.17) is 9.47 Å². The zero-order valence-corrected chi connectivity index (χ0v) is 15.8. The third-order valence-corrected chi connectivity index (χ3v) is 4.73. The van der Waals surface area contributed by atoms with Gasteiger partial charge in [0.05, 0.1) is 26.1 Å². The largest absolute Gasteiger partial charge is 0.493 e. The normalized spacial score (nSPS) is 17.7. The lowest BCUT2D eigenvalue weighted by Gasteiger charge is -2.17. The lowest BCUT2D eigenvalue weighted by Crippen LogP contribution is -2.29. The summed E-state index contributed by atoms with van der Waals surface area (Å²) in [6.45, 7) is 0.542. The maximum absolute atomic E-state index is 12.6.